The van der Waals surface area contributed by atoms with E-state index in [0.29, 0.717) is 28.3 Å². The van der Waals surface area contributed by atoms with Crippen LogP contribution in [0.25, 0.3) is 11.3 Å². The van der Waals surface area contributed by atoms with E-state index in [1.54, 1.807) is 37.4 Å². The maximum atomic E-state index is 12.6. The van der Waals surface area contributed by atoms with E-state index in [0.717, 1.165) is 6.26 Å². The molecule has 1 atom stereocenters. The first kappa shape index (κ1) is 20.5. The highest BCUT2D eigenvalue weighted by Crippen LogP contribution is 2.27. The van der Waals surface area contributed by atoms with E-state index in [1.165, 1.54) is 4.68 Å². The van der Waals surface area contributed by atoms with Gasteiger partial charge >= 0.3 is 15.7 Å². The van der Waals surface area contributed by atoms with Crippen LogP contribution < -0.4 is 9.74 Å². The van der Waals surface area contributed by atoms with Crippen molar-refractivity contribution in [2.24, 2.45) is 5.92 Å². The molecule has 7 nitrogen and oxygen atoms in total. The van der Waals surface area contributed by atoms with E-state index in [-0.39, 0.29) is 11.7 Å². The Labute approximate surface area is 156 Å². The van der Waals surface area contributed by atoms with Gasteiger partial charge in [-0.15, -0.1) is 0 Å². The Morgan fingerprint density at radius 3 is 2.31 bits per heavy atom. The van der Waals surface area contributed by atoms with Gasteiger partial charge < -0.3 is 8.74 Å². The summed E-state index contributed by atoms with van der Waals surface area (Å²) in [5, 5.41) is 4.40. The van der Waals surface area contributed by atoms with Gasteiger partial charge in [-0.05, 0) is 48.3 Å². The Kier molecular flexibility index (Phi) is 6.15. The summed E-state index contributed by atoms with van der Waals surface area (Å²) in [6.45, 7) is 5.77. The SMILES string of the molecule is Cc1c(-c2ccc([S+](C)[O-])cc2)nn(CC(C)C)c(=O)c1OS(C)(=O)=O. The molecule has 26 heavy (non-hydrogen) atoms. The van der Waals surface area contributed by atoms with E-state index in [4.69, 9.17) is 4.18 Å². The van der Waals surface area contributed by atoms with Gasteiger partial charge in [-0.2, -0.15) is 13.5 Å². The summed E-state index contributed by atoms with van der Waals surface area (Å²) >= 11 is -1.11. The Balaban J connectivity index is 2.67. The van der Waals surface area contributed by atoms with Gasteiger partial charge in [0, 0.05) is 17.7 Å². The van der Waals surface area contributed by atoms with E-state index >= 15 is 0 Å². The lowest BCUT2D eigenvalue weighted by Crippen LogP contribution is -2.29. The second kappa shape index (κ2) is 7.81. The first-order valence-electron chi connectivity index (χ1n) is 7.94. The van der Waals surface area contributed by atoms with Crippen LogP contribution in [0.5, 0.6) is 5.75 Å². The van der Waals surface area contributed by atoms with Crippen molar-refractivity contribution in [3.63, 3.8) is 0 Å². The molecule has 2 rings (SSSR count). The average Bonchev–Trinajstić information content (AvgIpc) is 2.53. The number of aromatic nitrogens is 2. The molecule has 0 N–H and O–H groups in total. The van der Waals surface area contributed by atoms with Gasteiger partial charge in [0.1, 0.15) is 6.26 Å². The van der Waals surface area contributed by atoms with Crippen molar-refractivity contribution in [3.8, 4) is 17.0 Å². The van der Waals surface area contributed by atoms with Gasteiger partial charge in [0.15, 0.2) is 4.90 Å². The molecule has 0 fully saturated rings. The quantitative estimate of drug-likeness (QED) is 0.544. The van der Waals surface area contributed by atoms with Gasteiger partial charge in [0.25, 0.3) is 0 Å². The summed E-state index contributed by atoms with van der Waals surface area (Å²) in [6.07, 6.45) is 2.48. The van der Waals surface area contributed by atoms with E-state index in [1.807, 2.05) is 13.8 Å². The summed E-state index contributed by atoms with van der Waals surface area (Å²) in [6, 6.07) is 6.89. The summed E-state index contributed by atoms with van der Waals surface area (Å²) in [5.74, 6) is -0.118. The molecule has 0 aliphatic heterocycles. The van der Waals surface area contributed by atoms with Crippen LogP contribution in [0.15, 0.2) is 34.0 Å². The molecule has 0 bridgehead atoms. The molecule has 9 heteroatoms. The molecule has 0 saturated heterocycles. The van der Waals surface area contributed by atoms with Crippen LogP contribution in [0.2, 0.25) is 0 Å². The molecule has 1 aromatic carbocycles. The molecule has 0 aliphatic rings. The lowest BCUT2D eigenvalue weighted by molar-refractivity contribution is 0.440. The van der Waals surface area contributed by atoms with Crippen LogP contribution >= 0.6 is 0 Å². The van der Waals surface area contributed by atoms with Crippen molar-refractivity contribution in [2.75, 3.05) is 12.5 Å². The fourth-order valence-corrected chi connectivity index (χ4v) is 3.44. The molecule has 1 aromatic heterocycles. The minimum atomic E-state index is -3.87. The molecule has 0 aliphatic carbocycles. The van der Waals surface area contributed by atoms with Crippen molar-refractivity contribution in [2.45, 2.75) is 32.2 Å². The fourth-order valence-electron chi connectivity index (χ4n) is 2.42. The second-order valence-corrected chi connectivity index (χ2v) is 9.40. The van der Waals surface area contributed by atoms with Crippen LogP contribution in [-0.4, -0.2) is 35.3 Å². The Morgan fingerprint density at radius 2 is 1.85 bits per heavy atom. The molecule has 142 valence electrons. The predicted molar refractivity (Wildman–Crippen MR) is 101 cm³/mol. The molecule has 1 heterocycles. The van der Waals surface area contributed by atoms with Gasteiger partial charge in [-0.25, -0.2) is 4.68 Å². The monoisotopic (exact) mass is 398 g/mol. The lowest BCUT2D eigenvalue weighted by Gasteiger charge is -2.15. The molecule has 0 spiro atoms. The maximum absolute atomic E-state index is 12.6. The van der Waals surface area contributed by atoms with Crippen molar-refractivity contribution in [1.82, 2.24) is 9.78 Å². The normalized spacial score (nSPS) is 13.0. The minimum Gasteiger partial charge on any atom is -0.612 e. The molecular weight excluding hydrogens is 376 g/mol. The van der Waals surface area contributed by atoms with Crippen LogP contribution in [-0.2, 0) is 27.8 Å². The number of hydrogen-bond donors (Lipinski definition) is 0. The van der Waals surface area contributed by atoms with Gasteiger partial charge in [0.2, 0.25) is 5.75 Å². The first-order chi connectivity index (χ1) is 12.0. The van der Waals surface area contributed by atoms with Gasteiger partial charge in [-0.1, -0.05) is 13.8 Å². The van der Waals surface area contributed by atoms with Gasteiger partial charge in [-0.3, -0.25) is 4.79 Å². The van der Waals surface area contributed by atoms with Crippen molar-refractivity contribution in [1.29, 1.82) is 0 Å². The molecule has 0 saturated carbocycles. The largest absolute Gasteiger partial charge is 0.612 e. The number of nitrogens with zero attached hydrogens (tertiary/aromatic N) is 2. The molecule has 0 amide bonds. The van der Waals surface area contributed by atoms with E-state index < -0.39 is 26.9 Å². The summed E-state index contributed by atoms with van der Waals surface area (Å²) in [5.41, 5.74) is 0.868. The van der Waals surface area contributed by atoms with Crippen molar-refractivity contribution in [3.05, 3.63) is 40.2 Å². The van der Waals surface area contributed by atoms with Crippen molar-refractivity contribution >= 4 is 21.3 Å². The zero-order valence-electron chi connectivity index (χ0n) is 15.3. The molecule has 1 unspecified atom stereocenters. The Bertz CT molecular complexity index is 948. The zero-order chi connectivity index (χ0) is 19.6. The lowest BCUT2D eigenvalue weighted by atomic mass is 10.1. The average molecular weight is 399 g/mol. The maximum Gasteiger partial charge on any atom is 0.311 e. The van der Waals surface area contributed by atoms with Crippen LogP contribution in [0.4, 0.5) is 0 Å². The van der Waals surface area contributed by atoms with E-state index in [9.17, 15) is 17.8 Å². The third kappa shape index (κ3) is 4.87. The van der Waals surface area contributed by atoms with Crippen molar-refractivity contribution < 1.29 is 17.2 Å². The summed E-state index contributed by atoms with van der Waals surface area (Å²) in [4.78, 5) is 13.3. The number of rotatable bonds is 6. The molecular formula is C17H22N2O5S2. The summed E-state index contributed by atoms with van der Waals surface area (Å²) < 4.78 is 40.9. The minimum absolute atomic E-state index is 0.131. The van der Waals surface area contributed by atoms with Gasteiger partial charge in [0.05, 0.1) is 11.9 Å². The molecule has 2 aromatic rings. The first-order valence-corrected chi connectivity index (χ1v) is 11.3. The second-order valence-electron chi connectivity index (χ2n) is 6.45. The zero-order valence-corrected chi connectivity index (χ0v) is 17.0. The number of benzene rings is 1. The highest BCUT2D eigenvalue weighted by molar-refractivity contribution is 7.90. The Hall–Kier alpha value is -1.84. The van der Waals surface area contributed by atoms with Crippen LogP contribution in [0, 0.1) is 12.8 Å². The molecule has 0 radical (unpaired) electrons. The topological polar surface area (TPSA) is 101 Å². The number of hydrogen-bond acceptors (Lipinski definition) is 6. The third-order valence-corrected chi connectivity index (χ3v) is 4.98. The highest BCUT2D eigenvalue weighted by atomic mass is 32.2. The fraction of sp³-hybridized carbons (Fsp3) is 0.412. The third-order valence-electron chi connectivity index (χ3n) is 3.58. The Morgan fingerprint density at radius 1 is 1.27 bits per heavy atom. The standard InChI is InChI=1S/C17H22N2O5S2/c1-11(2)10-19-17(20)16(24-26(5,22)23)12(3)15(18-19)13-6-8-14(9-7-13)25(4)21/h6-9,11H,10H2,1-5H3. The predicted octanol–water partition coefficient (Wildman–Crippen LogP) is 1.95. The van der Waals surface area contributed by atoms with Crippen LogP contribution in [0.3, 0.4) is 0 Å². The van der Waals surface area contributed by atoms with Crippen LogP contribution in [0.1, 0.15) is 19.4 Å². The summed E-state index contributed by atoms with van der Waals surface area (Å²) in [7, 11) is -3.87. The van der Waals surface area contributed by atoms with E-state index in [2.05, 4.69) is 5.10 Å². The smallest absolute Gasteiger partial charge is 0.311 e. The highest BCUT2D eigenvalue weighted by Gasteiger charge is 2.21.